The zero-order chi connectivity index (χ0) is 12.1. The fourth-order valence-corrected chi connectivity index (χ4v) is 1.62. The normalized spacial score (nSPS) is 15.1. The van der Waals surface area contributed by atoms with Crippen molar-refractivity contribution in [2.45, 2.75) is 38.8 Å². The molecule has 1 aromatic carbocycles. The van der Waals surface area contributed by atoms with Crippen molar-refractivity contribution in [3.8, 4) is 0 Å². The second-order valence-electron chi connectivity index (χ2n) is 4.62. The van der Waals surface area contributed by atoms with Gasteiger partial charge in [-0.1, -0.05) is 26.0 Å². The third kappa shape index (κ3) is 3.91. The van der Waals surface area contributed by atoms with Gasteiger partial charge in [0, 0.05) is 0 Å². The molecule has 0 aliphatic rings. The van der Waals surface area contributed by atoms with Crippen molar-refractivity contribution >= 4 is 0 Å². The summed E-state index contributed by atoms with van der Waals surface area (Å²) in [5, 5.41) is 9.86. The zero-order valence-corrected chi connectivity index (χ0v) is 9.86. The maximum atomic E-state index is 13.0. The molecule has 0 heterocycles. The largest absolute Gasteiger partial charge is 0.391 e. The summed E-state index contributed by atoms with van der Waals surface area (Å²) >= 11 is 0. The molecule has 0 saturated carbocycles. The highest BCUT2D eigenvalue weighted by molar-refractivity contribution is 5.20. The Balaban J connectivity index is 2.59. The summed E-state index contributed by atoms with van der Waals surface area (Å²) in [5.41, 5.74) is 6.53. The minimum atomic E-state index is -0.607. The summed E-state index contributed by atoms with van der Waals surface area (Å²) < 4.78 is 13.0. The lowest BCUT2D eigenvalue weighted by Gasteiger charge is -2.20. The summed E-state index contributed by atoms with van der Waals surface area (Å²) in [6.07, 6.45) is 0.962. The Morgan fingerprint density at radius 1 is 1.31 bits per heavy atom. The van der Waals surface area contributed by atoms with Crippen LogP contribution < -0.4 is 5.73 Å². The first kappa shape index (κ1) is 13.1. The smallest absolute Gasteiger partial charge is 0.123 e. The molecule has 0 fully saturated rings. The van der Waals surface area contributed by atoms with Gasteiger partial charge < -0.3 is 10.8 Å². The van der Waals surface area contributed by atoms with Crippen molar-refractivity contribution in [2.24, 2.45) is 11.7 Å². The standard InChI is InChI=1S/C13H20FNO/c1-9(2)6-7-12(16)13(15)10-4-3-5-11(14)8-10/h3-5,8-9,12-13,16H,6-7,15H2,1-2H3/t12-,13+/m1/s1. The molecule has 1 rings (SSSR count). The molecule has 0 unspecified atom stereocenters. The van der Waals surface area contributed by atoms with Gasteiger partial charge in [-0.3, -0.25) is 0 Å². The van der Waals surface area contributed by atoms with Gasteiger partial charge in [-0.2, -0.15) is 0 Å². The Morgan fingerprint density at radius 2 is 2.00 bits per heavy atom. The number of hydrogen-bond acceptors (Lipinski definition) is 2. The first-order valence-electron chi connectivity index (χ1n) is 5.70. The third-order valence-electron chi connectivity index (χ3n) is 2.69. The molecule has 0 aliphatic carbocycles. The van der Waals surface area contributed by atoms with Crippen LogP contribution in [0, 0.1) is 11.7 Å². The predicted molar refractivity (Wildman–Crippen MR) is 63.4 cm³/mol. The summed E-state index contributed by atoms with van der Waals surface area (Å²) in [6.45, 7) is 4.20. The van der Waals surface area contributed by atoms with Gasteiger partial charge in [-0.25, -0.2) is 4.39 Å². The van der Waals surface area contributed by atoms with Crippen LogP contribution >= 0.6 is 0 Å². The number of benzene rings is 1. The Hall–Kier alpha value is -0.930. The van der Waals surface area contributed by atoms with Gasteiger partial charge in [-0.05, 0) is 36.5 Å². The van der Waals surface area contributed by atoms with E-state index in [0.717, 1.165) is 6.42 Å². The van der Waals surface area contributed by atoms with Crippen LogP contribution in [-0.4, -0.2) is 11.2 Å². The summed E-state index contributed by atoms with van der Waals surface area (Å²) in [7, 11) is 0. The average molecular weight is 225 g/mol. The predicted octanol–water partition coefficient (Wildman–Crippen LogP) is 2.62. The Kier molecular flexibility index (Phi) is 4.90. The second kappa shape index (κ2) is 5.97. The summed E-state index contributed by atoms with van der Waals surface area (Å²) in [6, 6.07) is 5.60. The van der Waals surface area contributed by atoms with Gasteiger partial charge in [0.15, 0.2) is 0 Å². The molecule has 2 atom stereocenters. The van der Waals surface area contributed by atoms with Gasteiger partial charge in [0.1, 0.15) is 5.82 Å². The van der Waals surface area contributed by atoms with Crippen LogP contribution in [0.1, 0.15) is 38.3 Å². The molecule has 0 saturated heterocycles. The first-order chi connectivity index (χ1) is 7.50. The summed E-state index contributed by atoms with van der Waals surface area (Å²) in [4.78, 5) is 0. The van der Waals surface area contributed by atoms with E-state index < -0.39 is 12.1 Å². The minimum absolute atomic E-state index is 0.316. The molecule has 16 heavy (non-hydrogen) atoms. The van der Waals surface area contributed by atoms with Crippen molar-refractivity contribution < 1.29 is 9.50 Å². The number of halogens is 1. The van der Waals surface area contributed by atoms with Gasteiger partial charge in [0.05, 0.1) is 12.1 Å². The second-order valence-corrected chi connectivity index (χ2v) is 4.62. The molecule has 1 aromatic rings. The monoisotopic (exact) mass is 225 g/mol. The molecule has 0 amide bonds. The quantitative estimate of drug-likeness (QED) is 0.809. The Morgan fingerprint density at radius 3 is 2.56 bits per heavy atom. The van der Waals surface area contributed by atoms with Crippen molar-refractivity contribution in [3.05, 3.63) is 35.6 Å². The number of nitrogens with two attached hydrogens (primary N) is 1. The highest BCUT2D eigenvalue weighted by Gasteiger charge is 2.17. The van der Waals surface area contributed by atoms with E-state index in [1.807, 2.05) is 0 Å². The maximum absolute atomic E-state index is 13.0. The molecule has 2 nitrogen and oxygen atoms in total. The van der Waals surface area contributed by atoms with Crippen LogP contribution in [0.3, 0.4) is 0 Å². The van der Waals surface area contributed by atoms with E-state index in [1.54, 1.807) is 12.1 Å². The van der Waals surface area contributed by atoms with Crippen LogP contribution in [0.4, 0.5) is 4.39 Å². The van der Waals surface area contributed by atoms with Crippen molar-refractivity contribution in [2.75, 3.05) is 0 Å². The highest BCUT2D eigenvalue weighted by atomic mass is 19.1. The topological polar surface area (TPSA) is 46.2 Å². The van der Waals surface area contributed by atoms with E-state index in [4.69, 9.17) is 5.73 Å². The number of aliphatic hydroxyl groups is 1. The van der Waals surface area contributed by atoms with E-state index in [-0.39, 0.29) is 5.82 Å². The number of rotatable bonds is 5. The fraction of sp³-hybridized carbons (Fsp3) is 0.538. The van der Waals surface area contributed by atoms with Gasteiger partial charge in [0.2, 0.25) is 0 Å². The number of hydrogen-bond donors (Lipinski definition) is 2. The molecular weight excluding hydrogens is 205 g/mol. The van der Waals surface area contributed by atoms with Gasteiger partial charge >= 0.3 is 0 Å². The molecule has 0 bridgehead atoms. The van der Waals surface area contributed by atoms with Crippen molar-refractivity contribution in [1.29, 1.82) is 0 Å². The molecule has 3 heteroatoms. The first-order valence-corrected chi connectivity index (χ1v) is 5.70. The number of aliphatic hydroxyl groups excluding tert-OH is 1. The SMILES string of the molecule is CC(C)CC[C@@H](O)[C@@H](N)c1cccc(F)c1. The van der Waals surface area contributed by atoms with E-state index in [9.17, 15) is 9.50 Å². The van der Waals surface area contributed by atoms with Crippen LogP contribution in [0.5, 0.6) is 0 Å². The molecule has 90 valence electrons. The molecule has 0 radical (unpaired) electrons. The van der Waals surface area contributed by atoms with Crippen LogP contribution in [0.25, 0.3) is 0 Å². The van der Waals surface area contributed by atoms with E-state index >= 15 is 0 Å². The van der Waals surface area contributed by atoms with Crippen LogP contribution in [0.2, 0.25) is 0 Å². The van der Waals surface area contributed by atoms with E-state index in [2.05, 4.69) is 13.8 Å². The lowest BCUT2D eigenvalue weighted by molar-refractivity contribution is 0.128. The fourth-order valence-electron chi connectivity index (χ4n) is 1.62. The zero-order valence-electron chi connectivity index (χ0n) is 9.86. The Bertz CT molecular complexity index is 327. The van der Waals surface area contributed by atoms with Gasteiger partial charge in [0.25, 0.3) is 0 Å². The molecule has 3 N–H and O–H groups in total. The highest BCUT2D eigenvalue weighted by Crippen LogP contribution is 2.19. The van der Waals surface area contributed by atoms with Crippen LogP contribution in [-0.2, 0) is 0 Å². The van der Waals surface area contributed by atoms with Crippen molar-refractivity contribution in [3.63, 3.8) is 0 Å². The van der Waals surface area contributed by atoms with Crippen molar-refractivity contribution in [1.82, 2.24) is 0 Å². The molecular formula is C13H20FNO. The lowest BCUT2D eigenvalue weighted by Crippen LogP contribution is -2.26. The Labute approximate surface area is 96.3 Å². The average Bonchev–Trinajstić information content (AvgIpc) is 2.24. The maximum Gasteiger partial charge on any atom is 0.123 e. The van der Waals surface area contributed by atoms with Crippen LogP contribution in [0.15, 0.2) is 24.3 Å². The molecule has 0 spiro atoms. The van der Waals surface area contributed by atoms with Gasteiger partial charge in [-0.15, -0.1) is 0 Å². The molecule has 0 aromatic heterocycles. The molecule has 0 aliphatic heterocycles. The minimum Gasteiger partial charge on any atom is -0.391 e. The summed E-state index contributed by atoms with van der Waals surface area (Å²) in [5.74, 6) is 0.221. The lowest BCUT2D eigenvalue weighted by atomic mass is 9.96. The van der Waals surface area contributed by atoms with E-state index in [0.29, 0.717) is 17.9 Å². The third-order valence-corrected chi connectivity index (χ3v) is 2.69. The van der Waals surface area contributed by atoms with E-state index in [1.165, 1.54) is 12.1 Å².